The van der Waals surface area contributed by atoms with E-state index in [9.17, 15) is 4.79 Å². The molecule has 1 N–H and O–H groups in total. The first kappa shape index (κ1) is 18.1. The van der Waals surface area contributed by atoms with Crippen LogP contribution < -0.4 is 5.32 Å². The number of amides is 1. The van der Waals surface area contributed by atoms with Crippen LogP contribution in [0.1, 0.15) is 29.3 Å². The van der Waals surface area contributed by atoms with Crippen molar-refractivity contribution in [1.29, 1.82) is 0 Å². The smallest absolute Gasteiger partial charge is 0.251 e. The molecule has 0 aliphatic heterocycles. The Bertz CT molecular complexity index is 845. The Morgan fingerprint density at radius 1 is 1.15 bits per heavy atom. The first-order valence-corrected chi connectivity index (χ1v) is 9.01. The molecule has 6 heteroatoms. The zero-order valence-electron chi connectivity index (χ0n) is 15.0. The van der Waals surface area contributed by atoms with Crippen molar-refractivity contribution in [2.75, 3.05) is 19.8 Å². The van der Waals surface area contributed by atoms with Crippen LogP contribution in [0.5, 0.6) is 0 Å². The van der Waals surface area contributed by atoms with Crippen molar-refractivity contribution >= 4 is 16.9 Å². The van der Waals surface area contributed by atoms with E-state index in [2.05, 4.69) is 27.8 Å². The van der Waals surface area contributed by atoms with E-state index in [1.165, 1.54) is 5.56 Å². The normalized spacial score (nSPS) is 11.0. The Hall–Kier alpha value is -2.73. The van der Waals surface area contributed by atoms with Gasteiger partial charge in [0.1, 0.15) is 5.52 Å². The molecule has 0 atom stereocenters. The lowest BCUT2D eigenvalue weighted by Gasteiger charge is -2.07. The Kier molecular flexibility index (Phi) is 6.33. The van der Waals surface area contributed by atoms with E-state index in [0.717, 1.165) is 30.4 Å². The van der Waals surface area contributed by atoms with Crippen LogP contribution >= 0.6 is 0 Å². The number of ether oxygens (including phenoxy) is 1. The van der Waals surface area contributed by atoms with Crippen molar-refractivity contribution in [3.63, 3.8) is 0 Å². The lowest BCUT2D eigenvalue weighted by Crippen LogP contribution is -2.25. The predicted molar refractivity (Wildman–Crippen MR) is 101 cm³/mol. The molecule has 0 fully saturated rings. The van der Waals surface area contributed by atoms with Crippen molar-refractivity contribution in [3.05, 3.63) is 59.7 Å². The second kappa shape index (κ2) is 9.10. The number of rotatable bonds is 9. The molecular formula is C20H24N4O2. The van der Waals surface area contributed by atoms with Gasteiger partial charge in [0.15, 0.2) is 0 Å². The second-order valence-electron chi connectivity index (χ2n) is 6.07. The van der Waals surface area contributed by atoms with E-state index >= 15 is 0 Å². The van der Waals surface area contributed by atoms with Gasteiger partial charge in [0.25, 0.3) is 5.91 Å². The number of carbonyl (C=O) groups excluding carboxylic acids is 1. The van der Waals surface area contributed by atoms with Gasteiger partial charge < -0.3 is 10.1 Å². The number of hydrogen-bond acceptors (Lipinski definition) is 4. The molecule has 6 nitrogen and oxygen atoms in total. The summed E-state index contributed by atoms with van der Waals surface area (Å²) < 4.78 is 7.43. The molecule has 3 rings (SSSR count). The molecule has 0 radical (unpaired) electrons. The summed E-state index contributed by atoms with van der Waals surface area (Å²) in [7, 11) is 0. The summed E-state index contributed by atoms with van der Waals surface area (Å²) in [4.78, 5) is 12.2. The van der Waals surface area contributed by atoms with Gasteiger partial charge in [0.05, 0.1) is 12.1 Å². The van der Waals surface area contributed by atoms with E-state index in [4.69, 9.17) is 4.74 Å². The molecule has 0 spiro atoms. The molecule has 1 aromatic heterocycles. The molecule has 3 aromatic rings. The summed E-state index contributed by atoms with van der Waals surface area (Å²) >= 11 is 0. The minimum Gasteiger partial charge on any atom is -0.381 e. The van der Waals surface area contributed by atoms with Crippen molar-refractivity contribution in [3.8, 4) is 0 Å². The highest BCUT2D eigenvalue weighted by Gasteiger charge is 2.09. The molecule has 0 bridgehead atoms. The SMILES string of the molecule is CCn1nnc2cc(C(=O)NCCCOCCc3ccccc3)ccc21. The van der Waals surface area contributed by atoms with E-state index < -0.39 is 0 Å². The van der Waals surface area contributed by atoms with Crippen LogP contribution in [0.15, 0.2) is 48.5 Å². The van der Waals surface area contributed by atoms with Gasteiger partial charge in [-0.3, -0.25) is 4.79 Å². The van der Waals surface area contributed by atoms with E-state index in [1.54, 1.807) is 6.07 Å². The number of nitrogens with zero attached hydrogens (tertiary/aromatic N) is 3. The summed E-state index contributed by atoms with van der Waals surface area (Å²) in [5.41, 5.74) is 3.56. The number of fused-ring (bicyclic) bond motifs is 1. The summed E-state index contributed by atoms with van der Waals surface area (Å²) in [6.45, 7) is 4.69. The third-order valence-electron chi connectivity index (χ3n) is 4.20. The highest BCUT2D eigenvalue weighted by molar-refractivity contribution is 5.97. The van der Waals surface area contributed by atoms with Gasteiger partial charge >= 0.3 is 0 Å². The quantitative estimate of drug-likeness (QED) is 0.601. The molecule has 0 saturated carbocycles. The van der Waals surface area contributed by atoms with Gasteiger partial charge in [-0.15, -0.1) is 5.10 Å². The zero-order chi connectivity index (χ0) is 18.2. The van der Waals surface area contributed by atoms with Crippen molar-refractivity contribution in [2.24, 2.45) is 0 Å². The van der Waals surface area contributed by atoms with Crippen LogP contribution in [-0.2, 0) is 17.7 Å². The molecule has 2 aromatic carbocycles. The number of carbonyl (C=O) groups is 1. The maximum absolute atomic E-state index is 12.2. The largest absolute Gasteiger partial charge is 0.381 e. The van der Waals surface area contributed by atoms with E-state index in [-0.39, 0.29) is 5.91 Å². The summed E-state index contributed by atoms with van der Waals surface area (Å²) in [6.07, 6.45) is 1.69. The van der Waals surface area contributed by atoms with Crippen LogP contribution in [0, 0.1) is 0 Å². The number of hydrogen-bond donors (Lipinski definition) is 1. The topological polar surface area (TPSA) is 69.0 Å². The number of nitrogens with one attached hydrogen (secondary N) is 1. The van der Waals surface area contributed by atoms with Gasteiger partial charge in [0, 0.05) is 25.3 Å². The minimum absolute atomic E-state index is 0.0952. The van der Waals surface area contributed by atoms with E-state index in [0.29, 0.717) is 25.3 Å². The summed E-state index contributed by atoms with van der Waals surface area (Å²) in [5.74, 6) is -0.0952. The molecule has 1 amide bonds. The second-order valence-corrected chi connectivity index (χ2v) is 6.07. The first-order chi connectivity index (χ1) is 12.8. The minimum atomic E-state index is -0.0952. The monoisotopic (exact) mass is 352 g/mol. The number of benzene rings is 2. The summed E-state index contributed by atoms with van der Waals surface area (Å²) in [5, 5.41) is 11.1. The van der Waals surface area contributed by atoms with Crippen LogP contribution in [0.4, 0.5) is 0 Å². The standard InChI is InChI=1S/C20H24N4O2/c1-2-24-19-10-9-17(15-18(19)22-23-24)20(25)21-12-6-13-26-14-11-16-7-4-3-5-8-16/h3-5,7-10,15H,2,6,11-14H2,1H3,(H,21,25). The third kappa shape index (κ3) is 4.67. The fourth-order valence-corrected chi connectivity index (χ4v) is 2.76. The highest BCUT2D eigenvalue weighted by Crippen LogP contribution is 2.13. The van der Waals surface area contributed by atoms with Gasteiger partial charge in [0.2, 0.25) is 0 Å². The zero-order valence-corrected chi connectivity index (χ0v) is 15.0. The molecule has 1 heterocycles. The van der Waals surface area contributed by atoms with Crippen LogP contribution in [0.3, 0.4) is 0 Å². The van der Waals surface area contributed by atoms with Gasteiger partial charge in [-0.1, -0.05) is 35.5 Å². The Morgan fingerprint density at radius 3 is 2.81 bits per heavy atom. The van der Waals surface area contributed by atoms with Crippen LogP contribution in [-0.4, -0.2) is 40.7 Å². The first-order valence-electron chi connectivity index (χ1n) is 9.01. The van der Waals surface area contributed by atoms with Crippen LogP contribution in [0.25, 0.3) is 11.0 Å². The molecule has 136 valence electrons. The van der Waals surface area contributed by atoms with Gasteiger partial charge in [-0.05, 0) is 43.5 Å². The molecule has 0 aliphatic rings. The molecule has 0 saturated heterocycles. The highest BCUT2D eigenvalue weighted by atomic mass is 16.5. The van der Waals surface area contributed by atoms with Gasteiger partial charge in [-0.25, -0.2) is 4.68 Å². The van der Waals surface area contributed by atoms with Crippen LogP contribution in [0.2, 0.25) is 0 Å². The van der Waals surface area contributed by atoms with E-state index in [1.807, 2.05) is 41.9 Å². The molecule has 26 heavy (non-hydrogen) atoms. The lowest BCUT2D eigenvalue weighted by atomic mass is 10.2. The average Bonchev–Trinajstić information content (AvgIpc) is 3.10. The maximum atomic E-state index is 12.2. The average molecular weight is 352 g/mol. The predicted octanol–water partition coefficient (Wildman–Crippen LogP) is 2.83. The molecule has 0 unspecified atom stereocenters. The Balaban J connectivity index is 1.36. The number of aryl methyl sites for hydroxylation is 1. The summed E-state index contributed by atoms with van der Waals surface area (Å²) in [6, 6.07) is 15.7. The fourth-order valence-electron chi connectivity index (χ4n) is 2.76. The van der Waals surface area contributed by atoms with Crippen molar-refractivity contribution in [2.45, 2.75) is 26.3 Å². The maximum Gasteiger partial charge on any atom is 0.251 e. The molecule has 0 aliphatic carbocycles. The Morgan fingerprint density at radius 2 is 2.00 bits per heavy atom. The van der Waals surface area contributed by atoms with Crippen molar-refractivity contribution < 1.29 is 9.53 Å². The third-order valence-corrected chi connectivity index (χ3v) is 4.20. The Labute approximate surface area is 153 Å². The number of aromatic nitrogens is 3. The van der Waals surface area contributed by atoms with Crippen molar-refractivity contribution in [1.82, 2.24) is 20.3 Å². The van der Waals surface area contributed by atoms with Gasteiger partial charge in [-0.2, -0.15) is 0 Å². The lowest BCUT2D eigenvalue weighted by molar-refractivity contribution is 0.0942. The molecular weight excluding hydrogens is 328 g/mol. The fraction of sp³-hybridized carbons (Fsp3) is 0.350.